The highest BCUT2D eigenvalue weighted by Crippen LogP contribution is 2.33. The van der Waals surface area contributed by atoms with E-state index in [0.717, 1.165) is 37.1 Å². The van der Waals surface area contributed by atoms with Crippen molar-refractivity contribution < 1.29 is 18.0 Å². The number of aromatic nitrogens is 3. The molecular weight excluding hydrogens is 383 g/mol. The lowest BCUT2D eigenvalue weighted by Crippen LogP contribution is -2.23. The number of halogens is 3. The van der Waals surface area contributed by atoms with Crippen molar-refractivity contribution in [2.75, 3.05) is 17.2 Å². The number of carbonyl (C=O) groups excluding carboxylic acids is 1. The molecule has 9 heteroatoms. The van der Waals surface area contributed by atoms with Crippen LogP contribution in [0.1, 0.15) is 23.1 Å². The first-order valence-electron chi connectivity index (χ1n) is 9.12. The second-order valence-corrected chi connectivity index (χ2v) is 6.81. The van der Waals surface area contributed by atoms with Crippen molar-refractivity contribution >= 4 is 17.3 Å². The maximum absolute atomic E-state index is 13.1. The van der Waals surface area contributed by atoms with Gasteiger partial charge in [0.25, 0.3) is 0 Å². The molecule has 1 aliphatic rings. The number of nitrogens with one attached hydrogen (secondary N) is 2. The van der Waals surface area contributed by atoms with Crippen molar-refractivity contribution in [1.82, 2.24) is 14.8 Å². The lowest BCUT2D eigenvalue weighted by Gasteiger charge is -2.15. The monoisotopic (exact) mass is 401 g/mol. The molecule has 0 spiro atoms. The van der Waals surface area contributed by atoms with Crippen LogP contribution >= 0.6 is 0 Å². The summed E-state index contributed by atoms with van der Waals surface area (Å²) in [4.78, 5) is 16.2. The molecule has 1 heterocycles. The Kier molecular flexibility index (Phi) is 4.96. The van der Waals surface area contributed by atoms with Crippen LogP contribution < -0.4 is 10.6 Å². The smallest absolute Gasteiger partial charge is 0.376 e. The fraction of sp³-hybridized carbons (Fsp3) is 0.250. The standard InChI is InChI=1S/C20H18F3N5O/c21-20(22,23)15-5-7-18(28-12-24-11-26-28)17(9-15)27-19(29)10-25-16-6-4-13-2-1-3-14(13)8-16/h4-9,11-12,25H,1-3,10H2,(H,27,29). The van der Waals surface area contributed by atoms with Crippen LogP contribution in [0.5, 0.6) is 0 Å². The Morgan fingerprint density at radius 2 is 1.93 bits per heavy atom. The van der Waals surface area contributed by atoms with Crippen LogP contribution in [0.2, 0.25) is 0 Å². The second kappa shape index (κ2) is 7.57. The van der Waals surface area contributed by atoms with Gasteiger partial charge >= 0.3 is 6.18 Å². The number of amides is 1. The van der Waals surface area contributed by atoms with Crippen molar-refractivity contribution in [3.8, 4) is 5.69 Å². The van der Waals surface area contributed by atoms with Gasteiger partial charge in [0.15, 0.2) is 0 Å². The van der Waals surface area contributed by atoms with E-state index in [1.807, 2.05) is 18.2 Å². The summed E-state index contributed by atoms with van der Waals surface area (Å²) in [6.45, 7) is -0.0776. The van der Waals surface area contributed by atoms with Crippen LogP contribution in [-0.2, 0) is 23.8 Å². The molecule has 0 radical (unpaired) electrons. The van der Waals surface area contributed by atoms with Gasteiger partial charge < -0.3 is 10.6 Å². The number of anilines is 2. The number of benzene rings is 2. The summed E-state index contributed by atoms with van der Waals surface area (Å²) < 4.78 is 40.6. The summed E-state index contributed by atoms with van der Waals surface area (Å²) in [5, 5.41) is 9.50. The van der Waals surface area contributed by atoms with Crippen LogP contribution in [-0.4, -0.2) is 27.2 Å². The number of alkyl halides is 3. The summed E-state index contributed by atoms with van der Waals surface area (Å²) in [7, 11) is 0. The molecule has 0 unspecified atom stereocenters. The Bertz CT molecular complexity index is 1030. The van der Waals surface area contributed by atoms with E-state index in [2.05, 4.69) is 20.7 Å². The largest absolute Gasteiger partial charge is 0.416 e. The molecule has 0 fully saturated rings. The number of nitrogens with zero attached hydrogens (tertiary/aromatic N) is 3. The van der Waals surface area contributed by atoms with Crippen LogP contribution in [0.4, 0.5) is 24.5 Å². The Balaban J connectivity index is 1.50. The SMILES string of the molecule is O=C(CNc1ccc2c(c1)CCC2)Nc1cc(C(F)(F)F)ccc1-n1cncn1. The van der Waals surface area contributed by atoms with Crippen LogP contribution in [0.3, 0.4) is 0 Å². The van der Waals surface area contributed by atoms with Crippen LogP contribution in [0, 0.1) is 0 Å². The number of aryl methyl sites for hydroxylation is 2. The van der Waals surface area contributed by atoms with Crippen LogP contribution in [0.15, 0.2) is 49.1 Å². The Morgan fingerprint density at radius 3 is 2.69 bits per heavy atom. The van der Waals surface area contributed by atoms with E-state index in [1.165, 1.54) is 34.5 Å². The third-order valence-corrected chi connectivity index (χ3v) is 4.82. The first kappa shape index (κ1) is 19.0. The molecular formula is C20H18F3N5O. The summed E-state index contributed by atoms with van der Waals surface area (Å²) in [5.41, 5.74) is 2.83. The van der Waals surface area contributed by atoms with E-state index in [4.69, 9.17) is 0 Å². The van der Waals surface area contributed by atoms with Crippen molar-refractivity contribution in [1.29, 1.82) is 0 Å². The molecule has 0 bridgehead atoms. The van der Waals surface area contributed by atoms with E-state index < -0.39 is 17.6 Å². The quantitative estimate of drug-likeness (QED) is 0.682. The van der Waals surface area contributed by atoms with E-state index in [-0.39, 0.29) is 12.2 Å². The van der Waals surface area contributed by atoms with Gasteiger partial charge in [-0.15, -0.1) is 0 Å². The maximum atomic E-state index is 13.1. The van der Waals surface area contributed by atoms with Gasteiger partial charge in [-0.2, -0.15) is 18.3 Å². The van der Waals surface area contributed by atoms with Gasteiger partial charge in [-0.1, -0.05) is 6.07 Å². The average molecular weight is 401 g/mol. The zero-order chi connectivity index (χ0) is 20.4. The first-order valence-corrected chi connectivity index (χ1v) is 9.12. The molecule has 0 saturated heterocycles. The molecule has 150 valence electrons. The molecule has 3 aromatic rings. The van der Waals surface area contributed by atoms with E-state index in [9.17, 15) is 18.0 Å². The number of hydrogen-bond donors (Lipinski definition) is 2. The summed E-state index contributed by atoms with van der Waals surface area (Å²) in [6.07, 6.45) is 1.29. The molecule has 1 aromatic heterocycles. The molecule has 0 saturated carbocycles. The van der Waals surface area contributed by atoms with E-state index in [1.54, 1.807) is 0 Å². The third kappa shape index (κ3) is 4.23. The minimum absolute atomic E-state index is 0.00563. The molecule has 1 amide bonds. The highest BCUT2D eigenvalue weighted by Gasteiger charge is 2.31. The lowest BCUT2D eigenvalue weighted by atomic mass is 10.1. The number of carbonyl (C=O) groups is 1. The predicted octanol–water partition coefficient (Wildman–Crippen LogP) is 3.83. The second-order valence-electron chi connectivity index (χ2n) is 6.81. The number of hydrogen-bond acceptors (Lipinski definition) is 4. The zero-order valence-corrected chi connectivity index (χ0v) is 15.3. The molecule has 4 rings (SSSR count). The highest BCUT2D eigenvalue weighted by atomic mass is 19.4. The van der Waals surface area contributed by atoms with Gasteiger partial charge in [0.1, 0.15) is 12.7 Å². The first-order chi connectivity index (χ1) is 13.9. The fourth-order valence-corrected chi connectivity index (χ4v) is 3.40. The van der Waals surface area contributed by atoms with Crippen LogP contribution in [0.25, 0.3) is 5.69 Å². The predicted molar refractivity (Wildman–Crippen MR) is 102 cm³/mol. The minimum Gasteiger partial charge on any atom is -0.376 e. The van der Waals surface area contributed by atoms with Gasteiger partial charge in [0, 0.05) is 5.69 Å². The summed E-state index contributed by atoms with van der Waals surface area (Å²) in [6, 6.07) is 9.04. The molecule has 1 aliphatic carbocycles. The highest BCUT2D eigenvalue weighted by molar-refractivity contribution is 5.95. The average Bonchev–Trinajstić information content (AvgIpc) is 3.37. The van der Waals surface area contributed by atoms with Gasteiger partial charge in [0.05, 0.1) is 23.5 Å². The maximum Gasteiger partial charge on any atom is 0.416 e. The third-order valence-electron chi connectivity index (χ3n) is 4.82. The molecule has 2 aromatic carbocycles. The van der Waals surface area contributed by atoms with Gasteiger partial charge in [-0.25, -0.2) is 9.67 Å². The Hall–Kier alpha value is -3.36. The van der Waals surface area contributed by atoms with Crippen molar-refractivity contribution in [2.45, 2.75) is 25.4 Å². The normalized spacial score (nSPS) is 13.2. The van der Waals surface area contributed by atoms with E-state index in [0.29, 0.717) is 5.69 Å². The molecule has 6 nitrogen and oxygen atoms in total. The molecule has 2 N–H and O–H groups in total. The van der Waals surface area contributed by atoms with Crippen molar-refractivity contribution in [2.24, 2.45) is 0 Å². The lowest BCUT2D eigenvalue weighted by molar-refractivity contribution is -0.137. The number of fused-ring (bicyclic) bond motifs is 1. The molecule has 0 atom stereocenters. The zero-order valence-electron chi connectivity index (χ0n) is 15.3. The van der Waals surface area contributed by atoms with Gasteiger partial charge in [-0.3, -0.25) is 4.79 Å². The Labute approximate surface area is 164 Å². The Morgan fingerprint density at radius 1 is 1.10 bits per heavy atom. The van der Waals surface area contributed by atoms with E-state index >= 15 is 0 Å². The summed E-state index contributed by atoms with van der Waals surface area (Å²) >= 11 is 0. The topological polar surface area (TPSA) is 71.8 Å². The number of rotatable bonds is 5. The molecule has 0 aliphatic heterocycles. The van der Waals surface area contributed by atoms with Crippen molar-refractivity contribution in [3.63, 3.8) is 0 Å². The minimum atomic E-state index is -4.52. The van der Waals surface area contributed by atoms with Gasteiger partial charge in [-0.05, 0) is 60.7 Å². The molecule has 29 heavy (non-hydrogen) atoms. The van der Waals surface area contributed by atoms with Gasteiger partial charge in [0.2, 0.25) is 5.91 Å². The fourth-order valence-electron chi connectivity index (χ4n) is 3.40. The van der Waals surface area contributed by atoms with Crippen molar-refractivity contribution in [3.05, 3.63) is 65.7 Å². The summed E-state index contributed by atoms with van der Waals surface area (Å²) in [5.74, 6) is -0.466.